The van der Waals surface area contributed by atoms with Crippen LogP contribution in [-0.2, 0) is 6.54 Å². The molecule has 19 heavy (non-hydrogen) atoms. The van der Waals surface area contributed by atoms with Gasteiger partial charge in [0.25, 0.3) is 0 Å². The van der Waals surface area contributed by atoms with Crippen molar-refractivity contribution in [3.05, 3.63) is 23.8 Å². The van der Waals surface area contributed by atoms with Crippen molar-refractivity contribution in [2.75, 3.05) is 20.2 Å². The number of benzene rings is 1. The Hall–Kier alpha value is -1.40. The lowest BCUT2D eigenvalue weighted by molar-refractivity contribution is -0.0512. The lowest BCUT2D eigenvalue weighted by atomic mass is 10.2. The van der Waals surface area contributed by atoms with Crippen molar-refractivity contribution in [2.45, 2.75) is 25.6 Å². The molecule has 1 aromatic carbocycles. The summed E-state index contributed by atoms with van der Waals surface area (Å²) in [6.45, 7) is -0.420. The molecule has 2 N–H and O–H groups in total. The largest absolute Gasteiger partial charge is 0.493 e. The van der Waals surface area contributed by atoms with Crippen LogP contribution in [0.5, 0.6) is 11.5 Å². The molecule has 0 aliphatic carbocycles. The number of hydrogen-bond acceptors (Lipinski definition) is 4. The van der Waals surface area contributed by atoms with E-state index in [1.807, 2.05) is 6.07 Å². The maximum Gasteiger partial charge on any atom is 0.387 e. The maximum atomic E-state index is 12.3. The van der Waals surface area contributed by atoms with Crippen LogP contribution in [0.3, 0.4) is 0 Å². The van der Waals surface area contributed by atoms with Gasteiger partial charge < -0.3 is 15.2 Å². The summed E-state index contributed by atoms with van der Waals surface area (Å²) in [5.74, 6) is 0.376. The first-order chi connectivity index (χ1) is 9.08. The molecule has 1 fully saturated rings. The second kappa shape index (κ2) is 6.16. The molecule has 1 saturated heterocycles. The second-order valence-corrected chi connectivity index (χ2v) is 4.65. The van der Waals surface area contributed by atoms with E-state index in [1.165, 1.54) is 7.11 Å². The van der Waals surface area contributed by atoms with Crippen molar-refractivity contribution in [3.63, 3.8) is 0 Å². The summed E-state index contributed by atoms with van der Waals surface area (Å²) in [7, 11) is 1.42. The average Bonchev–Trinajstić information content (AvgIpc) is 2.74. The molecule has 1 heterocycles. The van der Waals surface area contributed by atoms with Crippen molar-refractivity contribution >= 4 is 0 Å². The Labute approximate surface area is 111 Å². The van der Waals surface area contributed by atoms with Gasteiger partial charge in [0.05, 0.1) is 7.11 Å². The number of alkyl halides is 2. The Balaban J connectivity index is 2.08. The highest BCUT2D eigenvalue weighted by Crippen LogP contribution is 2.30. The summed E-state index contributed by atoms with van der Waals surface area (Å²) in [5.41, 5.74) is 6.74. The first kappa shape index (κ1) is 14.0. The predicted molar refractivity (Wildman–Crippen MR) is 67.5 cm³/mol. The normalized spacial score (nSPS) is 19.9. The first-order valence-corrected chi connectivity index (χ1v) is 6.18. The molecule has 1 aromatic rings. The molecule has 1 atom stereocenters. The topological polar surface area (TPSA) is 47.7 Å². The molecular weight excluding hydrogens is 254 g/mol. The summed E-state index contributed by atoms with van der Waals surface area (Å²) in [5, 5.41) is 0. The van der Waals surface area contributed by atoms with Crippen LogP contribution >= 0.6 is 0 Å². The third-order valence-electron chi connectivity index (χ3n) is 3.16. The van der Waals surface area contributed by atoms with Crippen LogP contribution in [0.4, 0.5) is 8.78 Å². The number of nitrogens with two attached hydrogens (primary N) is 1. The predicted octanol–water partition coefficient (Wildman–Crippen LogP) is 1.83. The van der Waals surface area contributed by atoms with Gasteiger partial charge in [-0.1, -0.05) is 6.07 Å². The molecule has 6 heteroatoms. The van der Waals surface area contributed by atoms with E-state index in [0.717, 1.165) is 25.1 Å². The molecule has 2 rings (SSSR count). The fraction of sp³-hybridized carbons (Fsp3) is 0.538. The van der Waals surface area contributed by atoms with Gasteiger partial charge in [-0.25, -0.2) is 0 Å². The zero-order valence-corrected chi connectivity index (χ0v) is 10.8. The number of hydrogen-bond donors (Lipinski definition) is 1. The molecule has 1 unspecified atom stereocenters. The van der Waals surface area contributed by atoms with Gasteiger partial charge in [-0.3, -0.25) is 4.90 Å². The molecule has 0 spiro atoms. The average molecular weight is 272 g/mol. The van der Waals surface area contributed by atoms with Crippen LogP contribution in [0.15, 0.2) is 18.2 Å². The molecule has 0 bridgehead atoms. The highest BCUT2D eigenvalue weighted by atomic mass is 19.3. The van der Waals surface area contributed by atoms with Crippen LogP contribution in [0.2, 0.25) is 0 Å². The number of methoxy groups -OCH3 is 1. The molecular formula is C13H18F2N2O2. The molecule has 0 amide bonds. The fourth-order valence-electron chi connectivity index (χ4n) is 2.27. The lowest BCUT2D eigenvalue weighted by Crippen LogP contribution is -2.26. The van der Waals surface area contributed by atoms with Crippen molar-refractivity contribution in [1.29, 1.82) is 0 Å². The molecule has 0 radical (unpaired) electrons. The van der Waals surface area contributed by atoms with Crippen LogP contribution in [0.25, 0.3) is 0 Å². The van der Waals surface area contributed by atoms with Gasteiger partial charge in [-0.2, -0.15) is 8.78 Å². The van der Waals surface area contributed by atoms with Gasteiger partial charge in [-0.05, 0) is 24.1 Å². The Morgan fingerprint density at radius 2 is 2.21 bits per heavy atom. The molecule has 0 aromatic heterocycles. The Morgan fingerprint density at radius 3 is 2.79 bits per heavy atom. The molecule has 4 nitrogen and oxygen atoms in total. The van der Waals surface area contributed by atoms with Gasteiger partial charge in [-0.15, -0.1) is 0 Å². The van der Waals surface area contributed by atoms with Crippen LogP contribution in [0.1, 0.15) is 12.0 Å². The quantitative estimate of drug-likeness (QED) is 0.888. The Bertz CT molecular complexity index is 429. The van der Waals surface area contributed by atoms with Crippen molar-refractivity contribution in [1.82, 2.24) is 4.90 Å². The van der Waals surface area contributed by atoms with E-state index in [-0.39, 0.29) is 11.8 Å². The van der Waals surface area contributed by atoms with Crippen molar-refractivity contribution in [2.24, 2.45) is 5.73 Å². The standard InChI is InChI=1S/C13H18F2N2O2/c1-18-11-3-2-9(6-12(11)19-13(14)15)7-17-5-4-10(16)8-17/h2-3,6,10,13H,4-5,7-8,16H2,1H3. The molecule has 1 aliphatic rings. The van der Waals surface area contributed by atoms with Crippen LogP contribution in [-0.4, -0.2) is 37.8 Å². The summed E-state index contributed by atoms with van der Waals surface area (Å²) in [4.78, 5) is 2.19. The minimum atomic E-state index is -2.86. The monoisotopic (exact) mass is 272 g/mol. The summed E-state index contributed by atoms with van der Waals surface area (Å²) in [6.07, 6.45) is 0.969. The van der Waals surface area contributed by atoms with Gasteiger partial charge in [0.15, 0.2) is 11.5 Å². The minimum Gasteiger partial charge on any atom is -0.493 e. The number of rotatable bonds is 5. The smallest absolute Gasteiger partial charge is 0.387 e. The fourth-order valence-corrected chi connectivity index (χ4v) is 2.27. The molecule has 0 saturated carbocycles. The summed E-state index contributed by atoms with van der Waals surface area (Å²) < 4.78 is 34.1. The van der Waals surface area contributed by atoms with Crippen LogP contribution in [0, 0.1) is 0 Å². The minimum absolute atomic E-state index is 0.0681. The third kappa shape index (κ3) is 3.78. The highest BCUT2D eigenvalue weighted by Gasteiger charge is 2.19. The van der Waals surface area contributed by atoms with Gasteiger partial charge in [0, 0.05) is 25.7 Å². The number of nitrogens with zero attached hydrogens (tertiary/aromatic N) is 1. The summed E-state index contributed by atoms with van der Waals surface area (Å²) in [6, 6.07) is 5.29. The van der Waals surface area contributed by atoms with E-state index in [2.05, 4.69) is 9.64 Å². The van der Waals surface area contributed by atoms with Gasteiger partial charge >= 0.3 is 6.61 Å². The maximum absolute atomic E-state index is 12.3. The van der Waals surface area contributed by atoms with E-state index in [1.54, 1.807) is 12.1 Å². The lowest BCUT2D eigenvalue weighted by Gasteiger charge is -2.17. The van der Waals surface area contributed by atoms with Gasteiger partial charge in [0.1, 0.15) is 0 Å². The Morgan fingerprint density at radius 1 is 1.42 bits per heavy atom. The SMILES string of the molecule is COc1ccc(CN2CCC(N)C2)cc1OC(F)F. The van der Waals surface area contributed by atoms with E-state index in [4.69, 9.17) is 10.5 Å². The number of likely N-dealkylation sites (tertiary alicyclic amines) is 1. The number of ether oxygens (including phenoxy) is 2. The first-order valence-electron chi connectivity index (χ1n) is 6.18. The van der Waals surface area contributed by atoms with E-state index in [0.29, 0.717) is 12.3 Å². The van der Waals surface area contributed by atoms with Crippen molar-refractivity contribution in [3.8, 4) is 11.5 Å². The molecule has 106 valence electrons. The van der Waals surface area contributed by atoms with E-state index >= 15 is 0 Å². The second-order valence-electron chi connectivity index (χ2n) is 4.65. The zero-order chi connectivity index (χ0) is 13.8. The summed E-state index contributed by atoms with van der Waals surface area (Å²) >= 11 is 0. The zero-order valence-electron chi connectivity index (χ0n) is 10.8. The third-order valence-corrected chi connectivity index (χ3v) is 3.16. The van der Waals surface area contributed by atoms with Crippen molar-refractivity contribution < 1.29 is 18.3 Å². The molecule has 1 aliphatic heterocycles. The highest BCUT2D eigenvalue weighted by molar-refractivity contribution is 5.43. The van der Waals surface area contributed by atoms with Crippen LogP contribution < -0.4 is 15.2 Å². The number of halogens is 2. The van der Waals surface area contributed by atoms with E-state index < -0.39 is 6.61 Å². The van der Waals surface area contributed by atoms with E-state index in [9.17, 15) is 8.78 Å². The Kier molecular flexibility index (Phi) is 4.55. The van der Waals surface area contributed by atoms with Gasteiger partial charge in [0.2, 0.25) is 0 Å².